The molecule has 2 aromatic rings. The van der Waals surface area contributed by atoms with Gasteiger partial charge in [0.1, 0.15) is 0 Å². The van der Waals surface area contributed by atoms with Crippen molar-refractivity contribution >= 4 is 17.0 Å². The number of aromatic nitrogens is 1. The molecule has 0 unspecified atom stereocenters. The van der Waals surface area contributed by atoms with E-state index >= 15 is 0 Å². The molecule has 0 aliphatic rings. The zero-order chi connectivity index (χ0) is 14.0. The zero-order valence-electron chi connectivity index (χ0n) is 10.9. The highest BCUT2D eigenvalue weighted by Gasteiger charge is 2.21. The number of hydrogen-bond acceptors (Lipinski definition) is 4. The van der Waals surface area contributed by atoms with E-state index in [4.69, 9.17) is 10.2 Å². The van der Waals surface area contributed by atoms with Crippen molar-refractivity contribution in [3.63, 3.8) is 0 Å². The maximum absolute atomic E-state index is 11.1. The SMILES string of the molecule is CC(C)(CNCC(N)=O)c1ccc2oc(=O)[nH]c2c1. The number of H-pyrrole nitrogens is 1. The summed E-state index contributed by atoms with van der Waals surface area (Å²) < 4.78 is 4.96. The molecule has 6 nitrogen and oxygen atoms in total. The topological polar surface area (TPSA) is 101 Å². The summed E-state index contributed by atoms with van der Waals surface area (Å²) in [5.74, 6) is -0.845. The second-order valence-electron chi connectivity index (χ2n) is 5.18. The number of nitrogens with one attached hydrogen (secondary N) is 2. The minimum Gasteiger partial charge on any atom is -0.408 e. The lowest BCUT2D eigenvalue weighted by Gasteiger charge is -2.25. The van der Waals surface area contributed by atoms with Gasteiger partial charge in [-0.1, -0.05) is 19.9 Å². The fraction of sp³-hybridized carbons (Fsp3) is 0.385. The van der Waals surface area contributed by atoms with E-state index in [-0.39, 0.29) is 17.9 Å². The van der Waals surface area contributed by atoms with E-state index in [2.05, 4.69) is 10.3 Å². The van der Waals surface area contributed by atoms with Crippen molar-refractivity contribution < 1.29 is 9.21 Å². The van der Waals surface area contributed by atoms with Crippen LogP contribution in [0.15, 0.2) is 27.4 Å². The maximum atomic E-state index is 11.1. The number of fused-ring (bicyclic) bond motifs is 1. The van der Waals surface area contributed by atoms with Gasteiger partial charge in [0, 0.05) is 12.0 Å². The van der Waals surface area contributed by atoms with Crippen LogP contribution >= 0.6 is 0 Å². The summed E-state index contributed by atoms with van der Waals surface area (Å²) >= 11 is 0. The Bertz CT molecular complexity index is 654. The van der Waals surface area contributed by atoms with Crippen LogP contribution in [0.25, 0.3) is 11.1 Å². The van der Waals surface area contributed by atoms with Crippen molar-refractivity contribution in [3.8, 4) is 0 Å². The van der Waals surface area contributed by atoms with Crippen molar-refractivity contribution in [3.05, 3.63) is 34.3 Å². The van der Waals surface area contributed by atoms with Crippen molar-refractivity contribution in [2.24, 2.45) is 5.73 Å². The zero-order valence-corrected chi connectivity index (χ0v) is 10.9. The lowest BCUT2D eigenvalue weighted by molar-refractivity contribution is -0.117. The van der Waals surface area contributed by atoms with Crippen LogP contribution in [0, 0.1) is 0 Å². The van der Waals surface area contributed by atoms with Gasteiger partial charge in [-0.2, -0.15) is 0 Å². The molecule has 1 aromatic heterocycles. The van der Waals surface area contributed by atoms with E-state index in [1.165, 1.54) is 0 Å². The van der Waals surface area contributed by atoms with E-state index in [0.717, 1.165) is 5.56 Å². The predicted octanol–water partition coefficient (Wildman–Crippen LogP) is 0.474. The van der Waals surface area contributed by atoms with Crippen LogP contribution in [0.3, 0.4) is 0 Å². The minimum absolute atomic E-state index is 0.147. The predicted molar refractivity (Wildman–Crippen MR) is 71.9 cm³/mol. The van der Waals surface area contributed by atoms with E-state index in [0.29, 0.717) is 17.6 Å². The third-order valence-corrected chi connectivity index (χ3v) is 3.07. The van der Waals surface area contributed by atoms with E-state index in [1.54, 1.807) is 6.07 Å². The van der Waals surface area contributed by atoms with Crippen LogP contribution in [0.1, 0.15) is 19.4 Å². The van der Waals surface area contributed by atoms with Crippen molar-refractivity contribution in [2.45, 2.75) is 19.3 Å². The summed E-state index contributed by atoms with van der Waals surface area (Å²) in [7, 11) is 0. The van der Waals surface area contributed by atoms with Crippen molar-refractivity contribution in [2.75, 3.05) is 13.1 Å². The van der Waals surface area contributed by atoms with Crippen molar-refractivity contribution in [1.82, 2.24) is 10.3 Å². The maximum Gasteiger partial charge on any atom is 0.417 e. The highest BCUT2D eigenvalue weighted by molar-refractivity contribution is 5.76. The first kappa shape index (κ1) is 13.4. The van der Waals surface area contributed by atoms with Crippen molar-refractivity contribution in [1.29, 1.82) is 0 Å². The lowest BCUT2D eigenvalue weighted by Crippen LogP contribution is -2.37. The lowest BCUT2D eigenvalue weighted by atomic mass is 9.84. The van der Waals surface area contributed by atoms with Gasteiger partial charge in [0.2, 0.25) is 5.91 Å². The number of carbonyl (C=O) groups excluding carboxylic acids is 1. The van der Waals surface area contributed by atoms with Gasteiger partial charge < -0.3 is 15.5 Å². The Hall–Kier alpha value is -2.08. The number of nitrogens with two attached hydrogens (primary N) is 1. The Morgan fingerprint density at radius 3 is 2.89 bits per heavy atom. The first-order chi connectivity index (χ1) is 8.88. The summed E-state index contributed by atoms with van der Waals surface area (Å²) in [5, 5.41) is 3.01. The summed E-state index contributed by atoms with van der Waals surface area (Å²) in [6.07, 6.45) is 0. The average molecular weight is 263 g/mol. The number of hydrogen-bond donors (Lipinski definition) is 3. The molecule has 1 amide bonds. The molecule has 2 rings (SSSR count). The van der Waals surface area contributed by atoms with Crippen LogP contribution in [0.5, 0.6) is 0 Å². The number of carbonyl (C=O) groups is 1. The Morgan fingerprint density at radius 1 is 1.47 bits per heavy atom. The molecule has 0 fully saturated rings. The largest absolute Gasteiger partial charge is 0.417 e. The second-order valence-corrected chi connectivity index (χ2v) is 5.18. The number of rotatable bonds is 5. The average Bonchev–Trinajstić information content (AvgIpc) is 2.67. The Kier molecular flexibility index (Phi) is 3.44. The van der Waals surface area contributed by atoms with Gasteiger partial charge in [0.15, 0.2) is 5.58 Å². The molecule has 0 radical (unpaired) electrons. The van der Waals surface area contributed by atoms with E-state index < -0.39 is 5.76 Å². The highest BCUT2D eigenvalue weighted by atomic mass is 16.4. The molecule has 0 spiro atoms. The number of amides is 1. The molecule has 19 heavy (non-hydrogen) atoms. The number of benzene rings is 1. The fourth-order valence-electron chi connectivity index (χ4n) is 1.97. The molecule has 0 atom stereocenters. The third-order valence-electron chi connectivity index (χ3n) is 3.07. The molecule has 0 aliphatic heterocycles. The van der Waals surface area contributed by atoms with E-state index in [1.807, 2.05) is 26.0 Å². The molecule has 0 aliphatic carbocycles. The fourth-order valence-corrected chi connectivity index (χ4v) is 1.97. The molecule has 1 heterocycles. The first-order valence-corrected chi connectivity index (χ1v) is 6.01. The summed E-state index contributed by atoms with van der Waals surface area (Å²) in [4.78, 5) is 24.4. The van der Waals surface area contributed by atoms with Gasteiger partial charge in [-0.15, -0.1) is 0 Å². The highest BCUT2D eigenvalue weighted by Crippen LogP contribution is 2.25. The van der Waals surface area contributed by atoms with Crippen LogP contribution in [0.2, 0.25) is 0 Å². The summed E-state index contributed by atoms with van der Waals surface area (Å²) in [6.45, 7) is 4.83. The van der Waals surface area contributed by atoms with Gasteiger partial charge >= 0.3 is 5.76 Å². The first-order valence-electron chi connectivity index (χ1n) is 6.01. The summed E-state index contributed by atoms with van der Waals surface area (Å²) in [5.41, 5.74) is 7.13. The molecule has 0 saturated carbocycles. The number of primary amides is 1. The molecule has 102 valence electrons. The van der Waals surface area contributed by atoms with Gasteiger partial charge in [0.05, 0.1) is 12.1 Å². The second kappa shape index (κ2) is 4.89. The molecular weight excluding hydrogens is 246 g/mol. The quantitative estimate of drug-likeness (QED) is 0.730. The Morgan fingerprint density at radius 2 is 2.21 bits per heavy atom. The number of aromatic amines is 1. The molecule has 0 saturated heterocycles. The molecule has 6 heteroatoms. The van der Waals surface area contributed by atoms with Gasteiger partial charge in [-0.25, -0.2) is 4.79 Å². The van der Waals surface area contributed by atoms with Gasteiger partial charge in [0.25, 0.3) is 0 Å². The third kappa shape index (κ3) is 3.03. The Balaban J connectivity index is 2.21. The number of oxazole rings is 1. The monoisotopic (exact) mass is 263 g/mol. The van der Waals surface area contributed by atoms with Gasteiger partial charge in [-0.05, 0) is 17.7 Å². The van der Waals surface area contributed by atoms with Crippen LogP contribution in [-0.2, 0) is 10.2 Å². The van der Waals surface area contributed by atoms with Crippen LogP contribution in [-0.4, -0.2) is 24.0 Å². The van der Waals surface area contributed by atoms with Crippen LogP contribution in [0.4, 0.5) is 0 Å². The van der Waals surface area contributed by atoms with Crippen LogP contribution < -0.4 is 16.8 Å². The molecular formula is C13H17N3O3. The standard InChI is InChI=1S/C13H17N3O3/c1-13(2,7-15-6-11(14)17)8-3-4-10-9(5-8)16-12(18)19-10/h3-5,15H,6-7H2,1-2H3,(H2,14,17)(H,16,18). The molecule has 1 aromatic carbocycles. The van der Waals surface area contributed by atoms with Gasteiger partial charge in [-0.3, -0.25) is 9.78 Å². The molecule has 0 bridgehead atoms. The smallest absolute Gasteiger partial charge is 0.408 e. The normalized spacial score (nSPS) is 11.9. The van der Waals surface area contributed by atoms with E-state index in [9.17, 15) is 9.59 Å². The summed E-state index contributed by atoms with van der Waals surface area (Å²) in [6, 6.07) is 5.55. The Labute approximate surface area is 110 Å². The minimum atomic E-state index is -0.461. The molecule has 4 N–H and O–H groups in total.